The third kappa shape index (κ3) is 5.03. The lowest BCUT2D eigenvalue weighted by molar-refractivity contribution is 0.102. The fourth-order valence-electron chi connectivity index (χ4n) is 3.22. The summed E-state index contributed by atoms with van der Waals surface area (Å²) in [6, 6.07) is 2.66. The number of nitrogens with one attached hydrogen (secondary N) is 1. The Balaban J connectivity index is 1.55. The lowest BCUT2D eigenvalue weighted by atomic mass is 9.99. The number of halogens is 2. The molecule has 1 fully saturated rings. The molecule has 0 bridgehead atoms. The molecule has 0 unspecified atom stereocenters. The van der Waals surface area contributed by atoms with Crippen molar-refractivity contribution in [2.45, 2.75) is 26.2 Å². The van der Waals surface area contributed by atoms with Crippen LogP contribution in [0.1, 0.15) is 46.2 Å². The van der Waals surface area contributed by atoms with E-state index in [-0.39, 0.29) is 39.1 Å². The maximum absolute atomic E-state index is 13.5. The van der Waals surface area contributed by atoms with E-state index in [0.717, 1.165) is 30.2 Å². The molecule has 182 valence electrons. The highest BCUT2D eigenvalue weighted by molar-refractivity contribution is 7.15. The molecule has 1 saturated carbocycles. The molecule has 10 nitrogen and oxygen atoms in total. The number of carbonyl (C=O) groups is 1. The van der Waals surface area contributed by atoms with E-state index in [1.54, 1.807) is 6.92 Å². The number of hydrogen-bond donors (Lipinski definition) is 1. The number of aromatic nitrogens is 6. The third-order valence-electron chi connectivity index (χ3n) is 5.13. The van der Waals surface area contributed by atoms with Gasteiger partial charge in [0, 0.05) is 30.2 Å². The second kappa shape index (κ2) is 9.74. The average Bonchev–Trinajstić information content (AvgIpc) is 3.44. The van der Waals surface area contributed by atoms with Gasteiger partial charge in [-0.05, 0) is 30.9 Å². The minimum absolute atomic E-state index is 0.0736. The summed E-state index contributed by atoms with van der Waals surface area (Å²) in [7, 11) is 1.37. The van der Waals surface area contributed by atoms with Gasteiger partial charge in [-0.3, -0.25) is 20.1 Å². The van der Waals surface area contributed by atoms with Crippen molar-refractivity contribution in [1.29, 1.82) is 0 Å². The van der Waals surface area contributed by atoms with Gasteiger partial charge in [-0.25, -0.2) is 8.78 Å². The first-order valence-electron chi connectivity index (χ1n) is 10.7. The SMILES string of the molecule is COc1cnc(C(F)F)cc1-c1cc(-c2noc(C)n2)ncc1C(=O)Nc1nnc(C#CC2CC2)s1. The average molecular weight is 509 g/mol. The molecule has 0 aromatic carbocycles. The van der Waals surface area contributed by atoms with E-state index in [0.29, 0.717) is 16.8 Å². The number of amides is 1. The van der Waals surface area contributed by atoms with Gasteiger partial charge in [-0.1, -0.05) is 22.4 Å². The summed E-state index contributed by atoms with van der Waals surface area (Å²) in [5.74, 6) is 6.53. The molecule has 1 aliphatic rings. The molecule has 4 heterocycles. The van der Waals surface area contributed by atoms with Crippen LogP contribution in [0.15, 0.2) is 29.0 Å². The van der Waals surface area contributed by atoms with Gasteiger partial charge in [0.05, 0.1) is 18.9 Å². The van der Waals surface area contributed by atoms with E-state index < -0.39 is 18.0 Å². The molecule has 0 radical (unpaired) electrons. The number of aryl methyl sites for hydroxylation is 1. The molecule has 36 heavy (non-hydrogen) atoms. The van der Waals surface area contributed by atoms with Crippen LogP contribution < -0.4 is 10.1 Å². The van der Waals surface area contributed by atoms with Crippen molar-refractivity contribution < 1.29 is 22.8 Å². The molecule has 1 N–H and O–H groups in total. The van der Waals surface area contributed by atoms with Gasteiger partial charge in [-0.2, -0.15) is 4.98 Å². The lowest BCUT2D eigenvalue weighted by Gasteiger charge is -2.14. The topological polar surface area (TPSA) is 129 Å². The largest absolute Gasteiger partial charge is 0.494 e. The summed E-state index contributed by atoms with van der Waals surface area (Å²) in [6.45, 7) is 1.62. The van der Waals surface area contributed by atoms with E-state index in [2.05, 4.69) is 47.5 Å². The fraction of sp³-hybridized carbons (Fsp3) is 0.261. The number of methoxy groups -OCH3 is 1. The Labute approximate surface area is 207 Å². The second-order valence-electron chi connectivity index (χ2n) is 7.77. The molecule has 4 aromatic heterocycles. The smallest absolute Gasteiger partial charge is 0.280 e. The molecular weight excluding hydrogens is 492 g/mol. The standard InChI is InChI=1S/C23H17F2N7O3S/c1-11-28-21(32-35-11)17-7-13(14-8-16(20(24)25)27-10-18(14)34-2)15(9-26-17)22(33)29-23-31-30-19(36-23)6-5-12-3-4-12/h7-10,12,20H,3-4H2,1-2H3,(H,29,31,33). The van der Waals surface area contributed by atoms with Gasteiger partial charge >= 0.3 is 0 Å². The number of alkyl halides is 2. The van der Waals surface area contributed by atoms with Gasteiger partial charge in [0.25, 0.3) is 12.3 Å². The predicted molar refractivity (Wildman–Crippen MR) is 124 cm³/mol. The van der Waals surface area contributed by atoms with Crippen LogP contribution in [0.3, 0.4) is 0 Å². The molecule has 0 atom stereocenters. The van der Waals surface area contributed by atoms with Crippen molar-refractivity contribution in [3.63, 3.8) is 0 Å². The minimum Gasteiger partial charge on any atom is -0.494 e. The van der Waals surface area contributed by atoms with E-state index in [9.17, 15) is 13.6 Å². The highest BCUT2D eigenvalue weighted by atomic mass is 32.1. The van der Waals surface area contributed by atoms with Gasteiger partial charge in [0.1, 0.15) is 17.1 Å². The lowest BCUT2D eigenvalue weighted by Crippen LogP contribution is -2.14. The number of rotatable bonds is 6. The Bertz CT molecular complexity index is 1500. The minimum atomic E-state index is -2.83. The molecule has 0 saturated heterocycles. The number of carbonyl (C=O) groups excluding carboxylic acids is 1. The Kier molecular flexibility index (Phi) is 6.34. The number of anilines is 1. The molecule has 0 aliphatic heterocycles. The summed E-state index contributed by atoms with van der Waals surface area (Å²) in [4.78, 5) is 25.4. The van der Waals surface area contributed by atoms with Crippen molar-refractivity contribution in [2.24, 2.45) is 5.92 Å². The number of ether oxygens (including phenoxy) is 1. The highest BCUT2D eigenvalue weighted by Gasteiger charge is 2.23. The molecule has 5 rings (SSSR count). The molecule has 1 amide bonds. The highest BCUT2D eigenvalue weighted by Crippen LogP contribution is 2.36. The summed E-state index contributed by atoms with van der Waals surface area (Å²) < 4.78 is 37.3. The van der Waals surface area contributed by atoms with Crippen LogP contribution in [0.5, 0.6) is 5.75 Å². The van der Waals surface area contributed by atoms with E-state index in [1.807, 2.05) is 0 Å². The van der Waals surface area contributed by atoms with Crippen LogP contribution >= 0.6 is 11.3 Å². The Morgan fingerprint density at radius 3 is 2.75 bits per heavy atom. The maximum Gasteiger partial charge on any atom is 0.280 e. The Hall–Kier alpha value is -4.31. The zero-order chi connectivity index (χ0) is 25.2. The fourth-order valence-corrected chi connectivity index (χ4v) is 3.82. The normalized spacial score (nSPS) is 12.8. The predicted octanol–water partition coefficient (Wildman–Crippen LogP) is 4.31. The van der Waals surface area contributed by atoms with E-state index in [4.69, 9.17) is 9.26 Å². The zero-order valence-corrected chi connectivity index (χ0v) is 19.8. The first kappa shape index (κ1) is 23.4. The summed E-state index contributed by atoms with van der Waals surface area (Å²) in [5.41, 5.74) is 0.326. The van der Waals surface area contributed by atoms with Gasteiger partial charge < -0.3 is 9.26 Å². The van der Waals surface area contributed by atoms with Crippen LogP contribution in [0.2, 0.25) is 0 Å². The first-order chi connectivity index (χ1) is 17.4. The Morgan fingerprint density at radius 2 is 2.06 bits per heavy atom. The van der Waals surface area contributed by atoms with Crippen LogP contribution in [0.4, 0.5) is 13.9 Å². The van der Waals surface area contributed by atoms with Crippen LogP contribution in [0.25, 0.3) is 22.6 Å². The number of pyridine rings is 2. The van der Waals surface area contributed by atoms with Crippen LogP contribution in [0, 0.1) is 24.7 Å². The first-order valence-corrected chi connectivity index (χ1v) is 11.5. The monoisotopic (exact) mass is 509 g/mol. The second-order valence-corrected chi connectivity index (χ2v) is 8.75. The van der Waals surface area contributed by atoms with Crippen LogP contribution in [-0.2, 0) is 0 Å². The number of nitrogens with zero attached hydrogens (tertiary/aromatic N) is 6. The van der Waals surface area contributed by atoms with Crippen molar-refractivity contribution >= 4 is 22.4 Å². The van der Waals surface area contributed by atoms with Crippen molar-refractivity contribution in [2.75, 3.05) is 12.4 Å². The number of hydrogen-bond acceptors (Lipinski definition) is 10. The van der Waals surface area contributed by atoms with Gasteiger partial charge in [0.15, 0.2) is 5.01 Å². The summed E-state index contributed by atoms with van der Waals surface area (Å²) in [6.07, 6.45) is 1.80. The molecule has 4 aromatic rings. The Morgan fingerprint density at radius 1 is 1.22 bits per heavy atom. The van der Waals surface area contributed by atoms with E-state index in [1.165, 1.54) is 25.6 Å². The van der Waals surface area contributed by atoms with Crippen molar-refractivity contribution in [3.05, 3.63) is 46.7 Å². The van der Waals surface area contributed by atoms with Crippen molar-refractivity contribution in [1.82, 2.24) is 30.3 Å². The molecule has 1 aliphatic carbocycles. The molecule has 13 heteroatoms. The molecule has 0 spiro atoms. The summed E-state index contributed by atoms with van der Waals surface area (Å²) in [5, 5.41) is 15.2. The van der Waals surface area contributed by atoms with E-state index >= 15 is 0 Å². The van der Waals surface area contributed by atoms with Crippen molar-refractivity contribution in [3.8, 4) is 40.2 Å². The summed E-state index contributed by atoms with van der Waals surface area (Å²) >= 11 is 1.13. The van der Waals surface area contributed by atoms with Gasteiger partial charge in [-0.15, -0.1) is 10.2 Å². The third-order valence-corrected chi connectivity index (χ3v) is 5.89. The quantitative estimate of drug-likeness (QED) is 0.378. The molecular formula is C23H17F2N7O3S. The zero-order valence-electron chi connectivity index (χ0n) is 19.0. The maximum atomic E-state index is 13.5. The van der Waals surface area contributed by atoms with Crippen LogP contribution in [-0.4, -0.2) is 43.3 Å². The van der Waals surface area contributed by atoms with Gasteiger partial charge in [0.2, 0.25) is 16.8 Å².